The van der Waals surface area contributed by atoms with E-state index < -0.39 is 52.1 Å². The van der Waals surface area contributed by atoms with Crippen LogP contribution in [0.4, 0.5) is 22.4 Å². The number of aliphatic hydroxyl groups excluding tert-OH is 1. The van der Waals surface area contributed by atoms with Crippen LogP contribution in [-0.2, 0) is 10.0 Å². The largest absolute Gasteiger partial charge is 0.465 e. The Morgan fingerprint density at radius 2 is 1.71 bits per heavy atom. The molecular formula is C19H24F4N2O5S. The molecule has 2 N–H and O–H groups in total. The van der Waals surface area contributed by atoms with Gasteiger partial charge >= 0.3 is 12.3 Å². The van der Waals surface area contributed by atoms with Crippen molar-refractivity contribution in [3.05, 3.63) is 30.1 Å². The van der Waals surface area contributed by atoms with E-state index in [1.54, 1.807) is 0 Å². The van der Waals surface area contributed by atoms with E-state index in [-0.39, 0.29) is 43.8 Å². The van der Waals surface area contributed by atoms with Gasteiger partial charge < -0.3 is 15.1 Å². The van der Waals surface area contributed by atoms with Gasteiger partial charge in [-0.3, -0.25) is 0 Å². The van der Waals surface area contributed by atoms with E-state index in [4.69, 9.17) is 0 Å². The number of rotatable bonds is 4. The second-order valence-corrected chi connectivity index (χ2v) is 9.97. The molecule has 2 atom stereocenters. The number of nitrogens with zero attached hydrogens (tertiary/aromatic N) is 2. The standard InChI is InChI=1S/C19H24F4N2O5S/c20-13-2-4-14(5-3-13)31(29,30)25-9-1-6-18(7-10-24(11-8-18)17(27)28)16(25)15(12-26)19(21,22)23/h2-5,15-16,26H,1,6-12H2,(H,27,28). The van der Waals surface area contributed by atoms with Crippen molar-refractivity contribution in [2.24, 2.45) is 11.3 Å². The predicted molar refractivity (Wildman–Crippen MR) is 101 cm³/mol. The predicted octanol–water partition coefficient (Wildman–Crippen LogP) is 2.91. The Bertz CT molecular complexity index is 899. The molecule has 0 aliphatic carbocycles. The third-order valence-electron chi connectivity index (χ3n) is 6.44. The van der Waals surface area contributed by atoms with Crippen molar-refractivity contribution in [1.29, 1.82) is 0 Å². The lowest BCUT2D eigenvalue weighted by molar-refractivity contribution is -0.215. The summed E-state index contributed by atoms with van der Waals surface area (Å²) in [6.07, 6.45) is -5.39. The second-order valence-electron chi connectivity index (χ2n) is 8.08. The van der Waals surface area contributed by atoms with Gasteiger partial charge in [0.2, 0.25) is 10.0 Å². The van der Waals surface area contributed by atoms with Gasteiger partial charge in [-0.1, -0.05) is 0 Å². The van der Waals surface area contributed by atoms with Gasteiger partial charge in [0.05, 0.1) is 17.4 Å². The van der Waals surface area contributed by atoms with Crippen LogP contribution >= 0.6 is 0 Å². The Kier molecular flexibility index (Phi) is 6.55. The van der Waals surface area contributed by atoms with Gasteiger partial charge in [-0.25, -0.2) is 17.6 Å². The molecule has 2 fully saturated rings. The molecule has 12 heteroatoms. The van der Waals surface area contributed by atoms with Crippen molar-refractivity contribution in [3.63, 3.8) is 0 Å². The van der Waals surface area contributed by atoms with Gasteiger partial charge in [0.15, 0.2) is 0 Å². The molecule has 1 amide bonds. The number of carboxylic acid groups (broad SMARTS) is 1. The van der Waals surface area contributed by atoms with Gasteiger partial charge in [0.25, 0.3) is 0 Å². The Labute approximate surface area is 177 Å². The number of sulfonamides is 1. The fourth-order valence-electron chi connectivity index (χ4n) is 4.89. The summed E-state index contributed by atoms with van der Waals surface area (Å²) in [4.78, 5) is 12.0. The van der Waals surface area contributed by atoms with E-state index in [0.717, 1.165) is 33.5 Å². The average molecular weight is 468 g/mol. The van der Waals surface area contributed by atoms with Gasteiger partial charge in [0, 0.05) is 25.7 Å². The molecule has 31 heavy (non-hydrogen) atoms. The molecule has 0 saturated carbocycles. The van der Waals surface area contributed by atoms with Crippen LogP contribution in [0.15, 0.2) is 29.2 Å². The Balaban J connectivity index is 2.07. The average Bonchev–Trinajstić information content (AvgIpc) is 2.69. The molecule has 1 aromatic rings. The number of hydrogen-bond donors (Lipinski definition) is 2. The van der Waals surface area contributed by atoms with Gasteiger partial charge in [-0.15, -0.1) is 0 Å². The number of alkyl halides is 3. The number of hydrogen-bond acceptors (Lipinski definition) is 4. The molecule has 2 aliphatic heterocycles. The highest BCUT2D eigenvalue weighted by Crippen LogP contribution is 2.51. The van der Waals surface area contributed by atoms with Gasteiger partial charge in [-0.05, 0) is 55.4 Å². The van der Waals surface area contributed by atoms with Crippen molar-refractivity contribution >= 4 is 16.1 Å². The molecule has 2 heterocycles. The van der Waals surface area contributed by atoms with Gasteiger partial charge in [0.1, 0.15) is 5.82 Å². The zero-order chi connectivity index (χ0) is 23.0. The van der Waals surface area contributed by atoms with E-state index in [1.807, 2.05) is 0 Å². The lowest BCUT2D eigenvalue weighted by Crippen LogP contribution is -2.63. The smallest absolute Gasteiger partial charge is 0.407 e. The van der Waals surface area contributed by atoms with Crippen LogP contribution in [0.5, 0.6) is 0 Å². The first kappa shape index (κ1) is 23.7. The van der Waals surface area contributed by atoms with Crippen LogP contribution < -0.4 is 0 Å². The zero-order valence-corrected chi connectivity index (χ0v) is 17.4. The summed E-state index contributed by atoms with van der Waals surface area (Å²) in [6.45, 7) is -1.52. The van der Waals surface area contributed by atoms with Crippen molar-refractivity contribution in [1.82, 2.24) is 9.21 Å². The third-order valence-corrected chi connectivity index (χ3v) is 8.33. The maximum Gasteiger partial charge on any atom is 0.407 e. The number of piperidine rings is 2. The number of halogens is 4. The molecule has 0 aromatic heterocycles. The Morgan fingerprint density at radius 1 is 1.13 bits per heavy atom. The monoisotopic (exact) mass is 468 g/mol. The first-order valence-corrected chi connectivity index (χ1v) is 11.3. The lowest BCUT2D eigenvalue weighted by atomic mass is 9.64. The van der Waals surface area contributed by atoms with Crippen molar-refractivity contribution in [2.45, 2.75) is 42.8 Å². The quantitative estimate of drug-likeness (QED) is 0.663. The normalized spacial score (nSPS) is 23.6. The first-order valence-electron chi connectivity index (χ1n) is 9.85. The SMILES string of the molecule is O=C(O)N1CCC2(CCCN(S(=O)(=O)c3ccc(F)cc3)C2C(CO)C(F)(F)F)CC1. The summed E-state index contributed by atoms with van der Waals surface area (Å²) in [5.74, 6) is -3.02. The van der Waals surface area contributed by atoms with Crippen LogP contribution in [0.2, 0.25) is 0 Å². The third kappa shape index (κ3) is 4.51. The van der Waals surface area contributed by atoms with E-state index in [1.165, 1.54) is 0 Å². The summed E-state index contributed by atoms with van der Waals surface area (Å²) in [5.41, 5.74) is -1.14. The fourth-order valence-corrected chi connectivity index (χ4v) is 6.68. The molecule has 2 saturated heterocycles. The molecule has 0 radical (unpaired) electrons. The van der Waals surface area contributed by atoms with Crippen LogP contribution in [-0.4, -0.2) is 72.4 Å². The van der Waals surface area contributed by atoms with Crippen LogP contribution in [0.1, 0.15) is 25.7 Å². The minimum absolute atomic E-state index is 0.0216. The second kappa shape index (κ2) is 8.55. The lowest BCUT2D eigenvalue weighted by Gasteiger charge is -2.54. The molecule has 3 rings (SSSR count). The highest BCUT2D eigenvalue weighted by molar-refractivity contribution is 7.89. The molecule has 174 valence electrons. The van der Waals surface area contributed by atoms with Crippen LogP contribution in [0.25, 0.3) is 0 Å². The number of aliphatic hydroxyl groups is 1. The van der Waals surface area contributed by atoms with E-state index in [0.29, 0.717) is 6.42 Å². The van der Waals surface area contributed by atoms with Gasteiger partial charge in [-0.2, -0.15) is 17.5 Å². The molecule has 2 unspecified atom stereocenters. The van der Waals surface area contributed by atoms with Crippen molar-refractivity contribution in [2.75, 3.05) is 26.2 Å². The number of amides is 1. The van der Waals surface area contributed by atoms with E-state index in [9.17, 15) is 41.0 Å². The zero-order valence-electron chi connectivity index (χ0n) is 16.6. The summed E-state index contributed by atoms with van der Waals surface area (Å²) in [6, 6.07) is 2.23. The number of likely N-dealkylation sites (tertiary alicyclic amines) is 1. The number of benzene rings is 1. The summed E-state index contributed by atoms with van der Waals surface area (Å²) in [7, 11) is -4.42. The van der Waals surface area contributed by atoms with Crippen molar-refractivity contribution < 1.29 is 41.0 Å². The number of carbonyl (C=O) groups is 1. The first-order chi connectivity index (χ1) is 14.4. The maximum absolute atomic E-state index is 13.9. The van der Waals surface area contributed by atoms with E-state index in [2.05, 4.69) is 0 Å². The Morgan fingerprint density at radius 3 is 2.19 bits per heavy atom. The molecule has 1 spiro atoms. The summed E-state index contributed by atoms with van der Waals surface area (Å²) in [5, 5.41) is 18.9. The van der Waals surface area contributed by atoms with Crippen molar-refractivity contribution in [3.8, 4) is 0 Å². The minimum Gasteiger partial charge on any atom is -0.465 e. The fraction of sp³-hybridized carbons (Fsp3) is 0.632. The van der Waals surface area contributed by atoms with Crippen LogP contribution in [0.3, 0.4) is 0 Å². The highest BCUT2D eigenvalue weighted by Gasteiger charge is 2.59. The Hall–Kier alpha value is -1.92. The van der Waals surface area contributed by atoms with E-state index >= 15 is 0 Å². The van der Waals surface area contributed by atoms with Crippen LogP contribution in [0, 0.1) is 17.2 Å². The summed E-state index contributed by atoms with van der Waals surface area (Å²) >= 11 is 0. The minimum atomic E-state index is -4.87. The molecule has 1 aromatic carbocycles. The summed E-state index contributed by atoms with van der Waals surface area (Å²) < 4.78 is 82.5. The molecular weight excluding hydrogens is 444 g/mol. The highest BCUT2D eigenvalue weighted by atomic mass is 32.2. The molecule has 0 bridgehead atoms. The topological polar surface area (TPSA) is 98.2 Å². The maximum atomic E-state index is 13.9. The molecule has 7 nitrogen and oxygen atoms in total. The molecule has 2 aliphatic rings.